The van der Waals surface area contributed by atoms with Crippen molar-refractivity contribution < 1.29 is 0 Å². The first-order valence-corrected chi connectivity index (χ1v) is 14.0. The summed E-state index contributed by atoms with van der Waals surface area (Å²) in [7, 11) is 0. The largest absolute Gasteiger partial charge is 0.310 e. The van der Waals surface area contributed by atoms with E-state index in [2.05, 4.69) is 178 Å². The van der Waals surface area contributed by atoms with Gasteiger partial charge in [-0.2, -0.15) is 0 Å². The molecule has 0 fully saturated rings. The number of hydrogen-bond acceptors (Lipinski definition) is 2. The van der Waals surface area contributed by atoms with Crippen LogP contribution in [0.3, 0.4) is 0 Å². The van der Waals surface area contributed by atoms with Gasteiger partial charge in [-0.3, -0.25) is 0 Å². The molecule has 41 heavy (non-hydrogen) atoms. The molecule has 3 heteroatoms. The number of fused-ring (bicyclic) bond motifs is 7. The van der Waals surface area contributed by atoms with Crippen molar-refractivity contribution in [1.82, 2.24) is 4.57 Å². The lowest BCUT2D eigenvalue weighted by molar-refractivity contribution is 1.14. The zero-order valence-electron chi connectivity index (χ0n) is 22.4. The molecule has 1 aromatic heterocycles. The van der Waals surface area contributed by atoms with Crippen LogP contribution in [0, 0.1) is 0 Å². The predicted molar refractivity (Wildman–Crippen MR) is 172 cm³/mol. The van der Waals surface area contributed by atoms with Gasteiger partial charge in [-0.25, -0.2) is 0 Å². The third-order valence-corrected chi connectivity index (χ3v) is 7.87. The van der Waals surface area contributed by atoms with Crippen molar-refractivity contribution in [2.24, 2.45) is 0 Å². The molecule has 0 N–H and O–H groups in total. The van der Waals surface area contributed by atoms with Crippen molar-refractivity contribution >= 4 is 45.0 Å². The highest BCUT2D eigenvalue weighted by Crippen LogP contribution is 2.49. The van der Waals surface area contributed by atoms with Crippen LogP contribution in [0.15, 0.2) is 164 Å². The van der Waals surface area contributed by atoms with Crippen molar-refractivity contribution in [3.05, 3.63) is 164 Å². The van der Waals surface area contributed by atoms with Crippen LogP contribution in [0.25, 0.3) is 27.8 Å². The summed E-state index contributed by atoms with van der Waals surface area (Å²) in [6, 6.07) is 58.4. The van der Waals surface area contributed by atoms with E-state index in [0.29, 0.717) is 0 Å². The van der Waals surface area contributed by atoms with Crippen LogP contribution in [0.5, 0.6) is 0 Å². The molecule has 0 saturated heterocycles. The highest BCUT2D eigenvalue weighted by atomic mass is 15.2. The number of para-hydroxylation sites is 6. The Morgan fingerprint density at radius 3 is 1.76 bits per heavy atom. The van der Waals surface area contributed by atoms with Gasteiger partial charge in [0.15, 0.2) is 0 Å². The second kappa shape index (κ2) is 9.58. The number of benzene rings is 6. The average molecular weight is 526 g/mol. The fourth-order valence-electron chi connectivity index (χ4n) is 6.12. The first-order chi connectivity index (χ1) is 20.4. The van der Waals surface area contributed by atoms with Gasteiger partial charge in [-0.15, -0.1) is 0 Å². The lowest BCUT2D eigenvalue weighted by Crippen LogP contribution is -2.14. The Kier molecular flexibility index (Phi) is 5.46. The van der Waals surface area contributed by atoms with Crippen LogP contribution in [-0.4, -0.2) is 4.57 Å². The Morgan fingerprint density at radius 1 is 0.415 bits per heavy atom. The quantitative estimate of drug-likeness (QED) is 0.226. The van der Waals surface area contributed by atoms with E-state index in [9.17, 15) is 0 Å². The molecule has 8 rings (SSSR count). The monoisotopic (exact) mass is 525 g/mol. The molecular formula is C38H27N3. The normalized spacial score (nSPS) is 11.9. The van der Waals surface area contributed by atoms with E-state index in [-0.39, 0.29) is 0 Å². The van der Waals surface area contributed by atoms with Gasteiger partial charge in [-0.05, 0) is 72.8 Å². The molecule has 1 aliphatic rings. The molecule has 6 aromatic carbocycles. The van der Waals surface area contributed by atoms with Gasteiger partial charge in [-0.1, -0.05) is 91.0 Å². The minimum atomic E-state index is 1.10. The molecule has 0 saturated carbocycles. The van der Waals surface area contributed by atoms with Crippen molar-refractivity contribution in [2.45, 2.75) is 0 Å². The van der Waals surface area contributed by atoms with Gasteiger partial charge in [0.2, 0.25) is 0 Å². The lowest BCUT2D eigenvalue weighted by Gasteiger charge is -2.30. The molecule has 7 aromatic rings. The summed E-state index contributed by atoms with van der Waals surface area (Å²) in [6.07, 6.45) is 0. The summed E-state index contributed by atoms with van der Waals surface area (Å²) in [5.41, 5.74) is 11.5. The van der Waals surface area contributed by atoms with E-state index in [1.807, 2.05) is 0 Å². The van der Waals surface area contributed by atoms with E-state index in [1.165, 1.54) is 22.2 Å². The van der Waals surface area contributed by atoms with E-state index < -0.39 is 0 Å². The van der Waals surface area contributed by atoms with Gasteiger partial charge in [0.1, 0.15) is 0 Å². The van der Waals surface area contributed by atoms with E-state index >= 15 is 0 Å². The van der Waals surface area contributed by atoms with Gasteiger partial charge < -0.3 is 14.4 Å². The molecule has 0 spiro atoms. The van der Waals surface area contributed by atoms with Crippen molar-refractivity contribution in [1.29, 1.82) is 0 Å². The Morgan fingerprint density at radius 2 is 1.00 bits per heavy atom. The first-order valence-electron chi connectivity index (χ1n) is 14.0. The zero-order valence-corrected chi connectivity index (χ0v) is 22.4. The highest BCUT2D eigenvalue weighted by Gasteiger charge is 2.27. The maximum atomic E-state index is 2.41. The van der Waals surface area contributed by atoms with E-state index in [4.69, 9.17) is 0 Å². The zero-order chi connectivity index (χ0) is 27.2. The Balaban J connectivity index is 1.37. The third-order valence-electron chi connectivity index (χ3n) is 7.87. The van der Waals surface area contributed by atoms with Gasteiger partial charge in [0.25, 0.3) is 0 Å². The molecule has 3 nitrogen and oxygen atoms in total. The number of hydrogen-bond donors (Lipinski definition) is 0. The molecule has 1 aliphatic heterocycles. The highest BCUT2D eigenvalue weighted by molar-refractivity contribution is 5.99. The van der Waals surface area contributed by atoms with Gasteiger partial charge in [0.05, 0.1) is 28.3 Å². The fraction of sp³-hybridized carbons (Fsp3) is 0. The van der Waals surface area contributed by atoms with Gasteiger partial charge in [0, 0.05) is 33.7 Å². The van der Waals surface area contributed by atoms with Crippen LogP contribution in [0.1, 0.15) is 0 Å². The summed E-state index contributed by atoms with van der Waals surface area (Å²) in [4.78, 5) is 4.72. The average Bonchev–Trinajstić information content (AvgIpc) is 3.37. The Labute approximate surface area is 239 Å². The molecular weight excluding hydrogens is 498 g/mol. The summed E-state index contributed by atoms with van der Waals surface area (Å²) in [5.74, 6) is 0. The molecule has 194 valence electrons. The summed E-state index contributed by atoms with van der Waals surface area (Å²) >= 11 is 0. The SMILES string of the molecule is c1ccc(N(c2ccccc2)c2cccc(N3c4ccccc4-c4cc5ccccc5n4-c4ccccc43)c2)cc1. The van der Waals surface area contributed by atoms with Crippen molar-refractivity contribution in [3.63, 3.8) is 0 Å². The Hall–Kier alpha value is -5.54. The number of anilines is 6. The summed E-state index contributed by atoms with van der Waals surface area (Å²) < 4.78 is 2.41. The number of aromatic nitrogens is 1. The molecule has 0 unspecified atom stereocenters. The predicted octanol–water partition coefficient (Wildman–Crippen LogP) is 10.6. The second-order valence-corrected chi connectivity index (χ2v) is 10.3. The maximum Gasteiger partial charge on any atom is 0.0702 e. The molecule has 0 radical (unpaired) electrons. The van der Waals surface area contributed by atoms with E-state index in [0.717, 1.165) is 39.8 Å². The second-order valence-electron chi connectivity index (χ2n) is 10.3. The maximum absolute atomic E-state index is 2.41. The molecule has 0 atom stereocenters. The van der Waals surface area contributed by atoms with Crippen LogP contribution < -0.4 is 9.80 Å². The van der Waals surface area contributed by atoms with Gasteiger partial charge >= 0.3 is 0 Å². The minimum absolute atomic E-state index is 1.10. The molecule has 0 bridgehead atoms. The first kappa shape index (κ1) is 23.4. The lowest BCUT2D eigenvalue weighted by atomic mass is 10.1. The number of rotatable bonds is 4. The standard InChI is InChI=1S/C38H27N3/c1-3-15-29(16-4-1)39(30-17-5-2-6-18-30)31-19-13-20-32(27-31)40-35-23-10-8-21-33(35)38-26-28-14-7-9-22-34(28)41(38)37-25-12-11-24-36(37)40/h1-27H. The van der Waals surface area contributed by atoms with Crippen molar-refractivity contribution in [3.8, 4) is 16.9 Å². The minimum Gasteiger partial charge on any atom is -0.310 e. The summed E-state index contributed by atoms with van der Waals surface area (Å²) in [6.45, 7) is 0. The summed E-state index contributed by atoms with van der Waals surface area (Å²) in [5, 5.41) is 1.24. The van der Waals surface area contributed by atoms with Crippen molar-refractivity contribution in [2.75, 3.05) is 9.80 Å². The number of nitrogens with zero attached hydrogens (tertiary/aromatic N) is 3. The topological polar surface area (TPSA) is 11.4 Å². The van der Waals surface area contributed by atoms with Crippen LogP contribution in [-0.2, 0) is 0 Å². The van der Waals surface area contributed by atoms with Crippen LogP contribution in [0.2, 0.25) is 0 Å². The van der Waals surface area contributed by atoms with E-state index in [1.54, 1.807) is 0 Å². The fourth-order valence-corrected chi connectivity index (χ4v) is 6.12. The molecule has 0 amide bonds. The van der Waals surface area contributed by atoms with Crippen LogP contribution >= 0.6 is 0 Å². The van der Waals surface area contributed by atoms with Crippen LogP contribution in [0.4, 0.5) is 34.1 Å². The smallest absolute Gasteiger partial charge is 0.0702 e. The molecule has 2 heterocycles. The third kappa shape index (κ3) is 3.82. The molecule has 0 aliphatic carbocycles. The Bertz CT molecular complexity index is 1970.